The van der Waals surface area contributed by atoms with E-state index in [2.05, 4.69) is 38.1 Å². The number of benzene rings is 1. The van der Waals surface area contributed by atoms with Gasteiger partial charge in [0.2, 0.25) is 0 Å². The van der Waals surface area contributed by atoms with Crippen LogP contribution in [0.5, 0.6) is 0 Å². The molecule has 15 heavy (non-hydrogen) atoms. The minimum atomic E-state index is 0.750. The molecule has 0 atom stereocenters. The number of carbonyl (C=O) groups excluding carboxylic acids is 2. The zero-order valence-electron chi connectivity index (χ0n) is 10.4. The molecule has 0 aliphatic carbocycles. The van der Waals surface area contributed by atoms with Gasteiger partial charge in [0.1, 0.15) is 13.1 Å². The summed E-state index contributed by atoms with van der Waals surface area (Å²) in [6.07, 6.45) is 0.750. The molecule has 0 aliphatic heterocycles. The summed E-state index contributed by atoms with van der Waals surface area (Å²) < 4.78 is 0. The van der Waals surface area contributed by atoms with Gasteiger partial charge in [0.25, 0.3) is 0 Å². The summed E-state index contributed by atoms with van der Waals surface area (Å²) in [5, 5.41) is 0. The number of rotatable bonds is 0. The molecule has 0 unspecified atom stereocenters. The third-order valence-corrected chi connectivity index (χ3v) is 1.22. The van der Waals surface area contributed by atoms with E-state index in [1.807, 2.05) is 20.6 Å². The van der Waals surface area contributed by atoms with Crippen LogP contribution in [-0.2, 0) is 9.59 Å². The second-order valence-electron chi connectivity index (χ2n) is 2.39. The van der Waals surface area contributed by atoms with Crippen molar-refractivity contribution in [1.29, 1.82) is 0 Å². The Hall–Kier alpha value is -1.44. The Morgan fingerprint density at radius 2 is 1.07 bits per heavy atom. The second kappa shape index (κ2) is 18.4. The molecule has 0 saturated carbocycles. The van der Waals surface area contributed by atoms with Crippen LogP contribution in [0.15, 0.2) is 24.3 Å². The van der Waals surface area contributed by atoms with E-state index >= 15 is 0 Å². The summed E-state index contributed by atoms with van der Waals surface area (Å²) in [6, 6.07) is 8.48. The predicted molar refractivity (Wildman–Crippen MR) is 66.1 cm³/mol. The SMILES string of the molecule is C=O.CC.CC=O.Cc1ccc(C)cc1. The lowest BCUT2D eigenvalue weighted by Gasteiger charge is -1.90. The van der Waals surface area contributed by atoms with Crippen molar-refractivity contribution in [3.8, 4) is 0 Å². The summed E-state index contributed by atoms with van der Waals surface area (Å²) >= 11 is 0. The minimum Gasteiger partial charge on any atom is -0.307 e. The molecule has 0 fully saturated rings. The highest BCUT2D eigenvalue weighted by atomic mass is 16.1. The molecular weight excluding hydrogens is 188 g/mol. The summed E-state index contributed by atoms with van der Waals surface area (Å²) in [7, 11) is 0. The largest absolute Gasteiger partial charge is 0.307 e. The van der Waals surface area contributed by atoms with Gasteiger partial charge in [-0.05, 0) is 20.8 Å². The lowest BCUT2D eigenvalue weighted by molar-refractivity contribution is -0.106. The molecule has 0 radical (unpaired) electrons. The molecule has 2 heteroatoms. The van der Waals surface area contributed by atoms with Crippen LogP contribution < -0.4 is 0 Å². The molecular formula is C13H22O2. The predicted octanol–water partition coefficient (Wildman–Crippen LogP) is 3.35. The summed E-state index contributed by atoms with van der Waals surface area (Å²) in [5.74, 6) is 0. The van der Waals surface area contributed by atoms with E-state index in [1.54, 1.807) is 0 Å². The van der Waals surface area contributed by atoms with E-state index in [1.165, 1.54) is 18.1 Å². The average molecular weight is 210 g/mol. The Bertz CT molecular complexity index is 193. The maximum Gasteiger partial charge on any atom is 0.116 e. The molecule has 0 heterocycles. The van der Waals surface area contributed by atoms with Crippen LogP contribution in [0.4, 0.5) is 0 Å². The molecule has 2 nitrogen and oxygen atoms in total. The number of hydrogen-bond acceptors (Lipinski definition) is 2. The molecule has 0 saturated heterocycles. The smallest absolute Gasteiger partial charge is 0.116 e. The minimum absolute atomic E-state index is 0.750. The van der Waals surface area contributed by atoms with Crippen molar-refractivity contribution < 1.29 is 9.59 Å². The molecule has 0 N–H and O–H groups in total. The van der Waals surface area contributed by atoms with Gasteiger partial charge in [-0.3, -0.25) is 0 Å². The lowest BCUT2D eigenvalue weighted by Crippen LogP contribution is -1.70. The monoisotopic (exact) mass is 210 g/mol. The van der Waals surface area contributed by atoms with Crippen molar-refractivity contribution >= 4 is 13.1 Å². The first-order valence-electron chi connectivity index (χ1n) is 4.92. The zero-order chi connectivity index (χ0) is 12.7. The highest BCUT2D eigenvalue weighted by molar-refractivity contribution is 5.44. The fraction of sp³-hybridized carbons (Fsp3) is 0.385. The van der Waals surface area contributed by atoms with Gasteiger partial charge in [-0.15, -0.1) is 0 Å². The van der Waals surface area contributed by atoms with Crippen LogP contribution in [0.2, 0.25) is 0 Å². The van der Waals surface area contributed by atoms with Crippen molar-refractivity contribution in [1.82, 2.24) is 0 Å². The third-order valence-electron chi connectivity index (χ3n) is 1.22. The first-order valence-corrected chi connectivity index (χ1v) is 4.92. The van der Waals surface area contributed by atoms with Crippen molar-refractivity contribution in [2.45, 2.75) is 34.6 Å². The first-order chi connectivity index (χ1) is 7.20. The van der Waals surface area contributed by atoms with Gasteiger partial charge < -0.3 is 9.59 Å². The molecule has 0 bridgehead atoms. The summed E-state index contributed by atoms with van der Waals surface area (Å²) in [5.41, 5.74) is 2.66. The van der Waals surface area contributed by atoms with Gasteiger partial charge in [0, 0.05) is 0 Å². The van der Waals surface area contributed by atoms with Crippen molar-refractivity contribution in [2.75, 3.05) is 0 Å². The maximum absolute atomic E-state index is 8.81. The number of aryl methyl sites for hydroxylation is 2. The van der Waals surface area contributed by atoms with Crippen LogP contribution in [-0.4, -0.2) is 13.1 Å². The van der Waals surface area contributed by atoms with Crippen LogP contribution in [0.25, 0.3) is 0 Å². The highest BCUT2D eigenvalue weighted by Crippen LogP contribution is 1.99. The van der Waals surface area contributed by atoms with Gasteiger partial charge >= 0.3 is 0 Å². The van der Waals surface area contributed by atoms with Gasteiger partial charge in [0.05, 0.1) is 0 Å². The van der Waals surface area contributed by atoms with Crippen LogP contribution in [0, 0.1) is 13.8 Å². The Morgan fingerprint density at radius 3 is 1.20 bits per heavy atom. The standard InChI is InChI=1S/C8H10.C2H4O.C2H6.CH2O/c1-7-3-5-8(2)6-4-7;1-2-3;2*1-2/h3-6H,1-2H3;2H,1H3;1-2H3;1H2. The van der Waals surface area contributed by atoms with E-state index in [9.17, 15) is 0 Å². The topological polar surface area (TPSA) is 34.1 Å². The van der Waals surface area contributed by atoms with Gasteiger partial charge in [-0.2, -0.15) is 0 Å². The van der Waals surface area contributed by atoms with Gasteiger partial charge in [-0.25, -0.2) is 0 Å². The van der Waals surface area contributed by atoms with E-state index in [-0.39, 0.29) is 0 Å². The molecule has 1 aromatic rings. The average Bonchev–Trinajstić information content (AvgIpc) is 2.29. The lowest BCUT2D eigenvalue weighted by atomic mass is 10.2. The molecule has 1 rings (SSSR count). The molecule has 0 aliphatic rings. The van der Waals surface area contributed by atoms with Crippen molar-refractivity contribution in [3.63, 3.8) is 0 Å². The van der Waals surface area contributed by atoms with Gasteiger partial charge in [0.15, 0.2) is 0 Å². The Morgan fingerprint density at radius 1 is 0.933 bits per heavy atom. The first kappa shape index (κ1) is 19.2. The Balaban J connectivity index is -0.000000176. The van der Waals surface area contributed by atoms with Crippen molar-refractivity contribution in [2.24, 2.45) is 0 Å². The number of hydrogen-bond donors (Lipinski definition) is 0. The van der Waals surface area contributed by atoms with Crippen LogP contribution in [0.1, 0.15) is 31.9 Å². The summed E-state index contributed by atoms with van der Waals surface area (Å²) in [6.45, 7) is 11.6. The molecule has 0 aromatic heterocycles. The molecule has 86 valence electrons. The molecule has 0 spiro atoms. The number of aldehydes is 1. The fourth-order valence-electron chi connectivity index (χ4n) is 0.637. The molecule has 1 aromatic carbocycles. The van der Waals surface area contributed by atoms with E-state index < -0.39 is 0 Å². The van der Waals surface area contributed by atoms with Gasteiger partial charge in [-0.1, -0.05) is 49.2 Å². The van der Waals surface area contributed by atoms with E-state index in [0.717, 1.165) is 6.29 Å². The van der Waals surface area contributed by atoms with Crippen LogP contribution in [0.3, 0.4) is 0 Å². The number of carbonyl (C=O) groups is 2. The second-order valence-corrected chi connectivity index (χ2v) is 2.39. The normalized spacial score (nSPS) is 6.47. The Labute approximate surface area is 93.3 Å². The quantitative estimate of drug-likeness (QED) is 0.615. The van der Waals surface area contributed by atoms with E-state index in [4.69, 9.17) is 9.59 Å². The molecule has 0 amide bonds. The Kier molecular flexibility index (Phi) is 23.5. The zero-order valence-corrected chi connectivity index (χ0v) is 10.4. The maximum atomic E-state index is 8.81. The third kappa shape index (κ3) is 19.1. The highest BCUT2D eigenvalue weighted by Gasteiger charge is 1.79. The van der Waals surface area contributed by atoms with Crippen molar-refractivity contribution in [3.05, 3.63) is 35.4 Å². The fourth-order valence-corrected chi connectivity index (χ4v) is 0.637. The van der Waals surface area contributed by atoms with E-state index in [0.29, 0.717) is 0 Å². The summed E-state index contributed by atoms with van der Waals surface area (Å²) in [4.78, 5) is 16.8. The van der Waals surface area contributed by atoms with Crippen LogP contribution >= 0.6 is 0 Å².